The fraction of sp³-hybridized carbons (Fsp3) is 0.316. The highest BCUT2D eigenvalue weighted by Gasteiger charge is 2.33. The molecule has 1 aliphatic heterocycles. The van der Waals surface area contributed by atoms with Gasteiger partial charge in [0.25, 0.3) is 0 Å². The minimum atomic E-state index is -0.575. The van der Waals surface area contributed by atoms with E-state index in [2.05, 4.69) is 52.9 Å². The van der Waals surface area contributed by atoms with E-state index in [1.165, 1.54) is 5.56 Å². The van der Waals surface area contributed by atoms with Crippen LogP contribution in [-0.2, 0) is 38.7 Å². The summed E-state index contributed by atoms with van der Waals surface area (Å²) < 4.78 is 18.1. The number of aliphatic hydroxyl groups excluding tert-OH is 1. The molecule has 3 atom stereocenters. The summed E-state index contributed by atoms with van der Waals surface area (Å²) in [5, 5.41) is 14.8. The molecule has 4 aromatic rings. The highest BCUT2D eigenvalue weighted by molar-refractivity contribution is 5.80. The molecule has 0 radical (unpaired) electrons. The predicted molar refractivity (Wildman–Crippen MR) is 180 cm³/mol. The number of nitrogens with one attached hydrogen (secondary N) is 2. The summed E-state index contributed by atoms with van der Waals surface area (Å²) >= 11 is 0. The summed E-state index contributed by atoms with van der Waals surface area (Å²) in [6.45, 7) is 3.65. The standard InChI is InChI=1S/C38H43N3O6/c1-3-45-36(43)23-40-38(44)39-22-29-11-7-12-31(19-29)32-13-8-14-33(20-32)37-46-34(25-41(2)24-27-9-5-4-6-10-27)21-35(47-37)30-17-15-28(26-42)16-18-30/h4-20,34-35,37,42H,3,21-26H2,1-2H3,(H2,39,40,44)/t34-,35+,37+/m1/s1. The number of carbonyl (C=O) groups excluding carboxylic acids is 2. The van der Waals surface area contributed by atoms with Gasteiger partial charge in [-0.05, 0) is 59.5 Å². The molecule has 9 nitrogen and oxygen atoms in total. The summed E-state index contributed by atoms with van der Waals surface area (Å²) in [5.41, 5.74) is 6.97. The van der Waals surface area contributed by atoms with Gasteiger partial charge in [-0.25, -0.2) is 4.79 Å². The average Bonchev–Trinajstić information content (AvgIpc) is 3.10. The van der Waals surface area contributed by atoms with E-state index >= 15 is 0 Å². The van der Waals surface area contributed by atoms with E-state index in [0.29, 0.717) is 13.0 Å². The minimum absolute atomic E-state index is 0.00280. The van der Waals surface area contributed by atoms with Gasteiger partial charge in [0.05, 0.1) is 25.4 Å². The van der Waals surface area contributed by atoms with Crippen molar-refractivity contribution >= 4 is 12.0 Å². The fourth-order valence-corrected chi connectivity index (χ4v) is 5.68. The first-order valence-electron chi connectivity index (χ1n) is 16.0. The van der Waals surface area contributed by atoms with Crippen LogP contribution in [0.1, 0.15) is 53.6 Å². The van der Waals surface area contributed by atoms with Gasteiger partial charge in [0.1, 0.15) is 6.54 Å². The molecule has 0 bridgehead atoms. The third-order valence-corrected chi connectivity index (χ3v) is 8.00. The zero-order valence-corrected chi connectivity index (χ0v) is 26.9. The van der Waals surface area contributed by atoms with Gasteiger partial charge >= 0.3 is 12.0 Å². The molecular formula is C38H43N3O6. The Kier molecular flexibility index (Phi) is 12.1. The molecule has 1 saturated heterocycles. The quantitative estimate of drug-likeness (QED) is 0.157. The number of urea groups is 1. The number of likely N-dealkylation sites (N-methyl/N-ethyl adjacent to an activating group) is 1. The van der Waals surface area contributed by atoms with Crippen LogP contribution in [0.25, 0.3) is 11.1 Å². The van der Waals surface area contributed by atoms with Crippen LogP contribution in [0.5, 0.6) is 0 Å². The van der Waals surface area contributed by atoms with Gasteiger partial charge in [-0.3, -0.25) is 9.69 Å². The number of hydrogen-bond acceptors (Lipinski definition) is 7. The number of aliphatic hydroxyl groups is 1. The number of hydrogen-bond donors (Lipinski definition) is 3. The van der Waals surface area contributed by atoms with Gasteiger partial charge in [-0.1, -0.05) is 91.0 Å². The molecule has 1 heterocycles. The van der Waals surface area contributed by atoms with E-state index in [9.17, 15) is 14.7 Å². The molecule has 1 fully saturated rings. The Morgan fingerprint density at radius 3 is 2.30 bits per heavy atom. The van der Waals surface area contributed by atoms with Gasteiger partial charge in [0.15, 0.2) is 6.29 Å². The highest BCUT2D eigenvalue weighted by atomic mass is 16.7. The van der Waals surface area contributed by atoms with E-state index in [-0.39, 0.29) is 32.0 Å². The van der Waals surface area contributed by atoms with Gasteiger partial charge in [-0.15, -0.1) is 0 Å². The van der Waals surface area contributed by atoms with Gasteiger partial charge < -0.3 is 30.0 Å². The highest BCUT2D eigenvalue weighted by Crippen LogP contribution is 2.39. The van der Waals surface area contributed by atoms with Crippen molar-refractivity contribution in [2.45, 2.75) is 51.5 Å². The molecule has 0 unspecified atom stereocenters. The molecule has 246 valence electrons. The first-order chi connectivity index (χ1) is 22.9. The van der Waals surface area contributed by atoms with E-state index < -0.39 is 18.3 Å². The molecule has 5 rings (SSSR count). The second kappa shape index (κ2) is 16.9. The van der Waals surface area contributed by atoms with Crippen molar-refractivity contribution < 1.29 is 28.9 Å². The molecule has 0 aromatic heterocycles. The maximum Gasteiger partial charge on any atom is 0.325 e. The van der Waals surface area contributed by atoms with Crippen LogP contribution in [0.15, 0.2) is 103 Å². The molecular weight excluding hydrogens is 594 g/mol. The lowest BCUT2D eigenvalue weighted by Gasteiger charge is -2.38. The number of rotatable bonds is 13. The molecule has 3 N–H and O–H groups in total. The SMILES string of the molecule is CCOC(=O)CNC(=O)NCc1cccc(-c2cccc([C@H]3O[C@@H](CN(C)Cc4ccccc4)C[C@@H](c4ccc(CO)cc4)O3)c2)c1. The zero-order valence-electron chi connectivity index (χ0n) is 26.9. The van der Waals surface area contributed by atoms with Gasteiger partial charge in [0, 0.05) is 31.6 Å². The monoisotopic (exact) mass is 637 g/mol. The van der Waals surface area contributed by atoms with Crippen molar-refractivity contribution in [3.63, 3.8) is 0 Å². The topological polar surface area (TPSA) is 109 Å². The maximum atomic E-state index is 12.2. The third kappa shape index (κ3) is 9.97. The van der Waals surface area contributed by atoms with E-state index in [1.807, 2.05) is 72.8 Å². The fourth-order valence-electron chi connectivity index (χ4n) is 5.68. The molecule has 1 aliphatic rings. The van der Waals surface area contributed by atoms with Crippen LogP contribution in [-0.4, -0.2) is 54.9 Å². The Labute approximate surface area is 276 Å². The van der Waals surface area contributed by atoms with Crippen LogP contribution in [0.4, 0.5) is 4.79 Å². The minimum Gasteiger partial charge on any atom is -0.465 e. The predicted octanol–water partition coefficient (Wildman–Crippen LogP) is 5.89. The smallest absolute Gasteiger partial charge is 0.325 e. The molecule has 0 aliphatic carbocycles. The summed E-state index contributed by atoms with van der Waals surface area (Å²) in [6, 6.07) is 34.0. The first-order valence-corrected chi connectivity index (χ1v) is 16.0. The Morgan fingerprint density at radius 2 is 1.55 bits per heavy atom. The van der Waals surface area contributed by atoms with Crippen LogP contribution >= 0.6 is 0 Å². The summed E-state index contributed by atoms with van der Waals surface area (Å²) in [7, 11) is 2.11. The van der Waals surface area contributed by atoms with Crippen molar-refractivity contribution in [2.24, 2.45) is 0 Å². The molecule has 47 heavy (non-hydrogen) atoms. The Balaban J connectivity index is 1.29. The summed E-state index contributed by atoms with van der Waals surface area (Å²) in [5.74, 6) is -0.480. The van der Waals surface area contributed by atoms with E-state index in [1.54, 1.807) is 6.92 Å². The van der Waals surface area contributed by atoms with Crippen molar-refractivity contribution in [3.05, 3.63) is 131 Å². The lowest BCUT2D eigenvalue weighted by Crippen LogP contribution is -2.38. The first kappa shape index (κ1) is 33.8. The van der Waals surface area contributed by atoms with Crippen molar-refractivity contribution in [1.29, 1.82) is 0 Å². The number of esters is 1. The number of benzene rings is 4. The maximum absolute atomic E-state index is 12.2. The lowest BCUT2D eigenvalue weighted by atomic mass is 9.98. The third-order valence-electron chi connectivity index (χ3n) is 8.00. The van der Waals surface area contributed by atoms with Crippen molar-refractivity contribution in [1.82, 2.24) is 15.5 Å². The van der Waals surface area contributed by atoms with Gasteiger partial charge in [-0.2, -0.15) is 0 Å². The van der Waals surface area contributed by atoms with Crippen LogP contribution < -0.4 is 10.6 Å². The summed E-state index contributed by atoms with van der Waals surface area (Å²) in [6.07, 6.45) is -0.118. The Bertz CT molecular complexity index is 1600. The number of carbonyl (C=O) groups is 2. The molecule has 0 spiro atoms. The number of nitrogens with zero attached hydrogens (tertiary/aromatic N) is 1. The van der Waals surface area contributed by atoms with Crippen LogP contribution in [0.2, 0.25) is 0 Å². The molecule has 9 heteroatoms. The molecule has 0 saturated carbocycles. The van der Waals surface area contributed by atoms with Crippen LogP contribution in [0.3, 0.4) is 0 Å². The molecule has 2 amide bonds. The average molecular weight is 638 g/mol. The lowest BCUT2D eigenvalue weighted by molar-refractivity contribution is -0.252. The normalized spacial score (nSPS) is 17.7. The Morgan fingerprint density at radius 1 is 0.830 bits per heavy atom. The number of ether oxygens (including phenoxy) is 3. The van der Waals surface area contributed by atoms with Crippen molar-refractivity contribution in [3.8, 4) is 11.1 Å². The van der Waals surface area contributed by atoms with E-state index in [4.69, 9.17) is 14.2 Å². The van der Waals surface area contributed by atoms with Crippen LogP contribution in [0, 0.1) is 0 Å². The van der Waals surface area contributed by atoms with Crippen molar-refractivity contribution in [2.75, 3.05) is 26.7 Å². The second-order valence-electron chi connectivity index (χ2n) is 11.7. The number of amides is 2. The Hall–Kier alpha value is -4.54. The molecule has 4 aromatic carbocycles. The second-order valence-corrected chi connectivity index (χ2v) is 11.7. The summed E-state index contributed by atoms with van der Waals surface area (Å²) in [4.78, 5) is 26.0. The van der Waals surface area contributed by atoms with E-state index in [0.717, 1.165) is 46.5 Å². The van der Waals surface area contributed by atoms with Gasteiger partial charge in [0.2, 0.25) is 0 Å². The zero-order chi connectivity index (χ0) is 33.0. The largest absolute Gasteiger partial charge is 0.465 e.